The van der Waals surface area contributed by atoms with Crippen molar-refractivity contribution in [1.82, 2.24) is 4.90 Å². The maximum Gasteiger partial charge on any atom is 0.0110 e. The van der Waals surface area contributed by atoms with Gasteiger partial charge >= 0.3 is 0 Å². The highest BCUT2D eigenvalue weighted by molar-refractivity contribution is 4.86. The first-order chi connectivity index (χ1) is 6.92. The first kappa shape index (κ1) is 10.4. The van der Waals surface area contributed by atoms with E-state index >= 15 is 0 Å². The van der Waals surface area contributed by atoms with E-state index in [9.17, 15) is 0 Å². The average molecular weight is 196 g/mol. The molecule has 2 nitrogen and oxygen atoms in total. The second kappa shape index (κ2) is 5.13. The Bertz CT molecular complexity index is 160. The molecular weight excluding hydrogens is 172 g/mol. The van der Waals surface area contributed by atoms with Crippen molar-refractivity contribution in [3.63, 3.8) is 0 Å². The van der Waals surface area contributed by atoms with Gasteiger partial charge in [0.1, 0.15) is 0 Å². The van der Waals surface area contributed by atoms with Crippen molar-refractivity contribution in [3.8, 4) is 0 Å². The number of nitrogens with zero attached hydrogens (tertiary/aromatic N) is 1. The molecule has 0 spiro atoms. The summed E-state index contributed by atoms with van der Waals surface area (Å²) < 4.78 is 0. The van der Waals surface area contributed by atoms with Gasteiger partial charge in [0.15, 0.2) is 0 Å². The van der Waals surface area contributed by atoms with E-state index in [2.05, 4.69) is 4.90 Å². The summed E-state index contributed by atoms with van der Waals surface area (Å²) in [6.07, 6.45) is 11.5. The second-order valence-corrected chi connectivity index (χ2v) is 4.90. The van der Waals surface area contributed by atoms with Crippen molar-refractivity contribution in [1.29, 1.82) is 0 Å². The van der Waals surface area contributed by atoms with E-state index < -0.39 is 0 Å². The molecule has 0 radical (unpaired) electrons. The molecule has 0 aliphatic heterocycles. The van der Waals surface area contributed by atoms with Crippen LogP contribution in [0.2, 0.25) is 0 Å². The first-order valence-corrected chi connectivity index (χ1v) is 6.37. The van der Waals surface area contributed by atoms with E-state index in [1.165, 1.54) is 51.4 Å². The second-order valence-electron chi connectivity index (χ2n) is 4.90. The highest BCUT2D eigenvalue weighted by Gasteiger charge is 2.30. The minimum absolute atomic E-state index is 0.840. The first-order valence-electron chi connectivity index (χ1n) is 6.37. The molecule has 0 unspecified atom stereocenters. The molecule has 0 aromatic heterocycles. The van der Waals surface area contributed by atoms with Crippen molar-refractivity contribution in [2.75, 3.05) is 13.1 Å². The number of hydrogen-bond donors (Lipinski definition) is 1. The zero-order valence-electron chi connectivity index (χ0n) is 9.25. The third-order valence-electron chi connectivity index (χ3n) is 3.97. The van der Waals surface area contributed by atoms with Crippen molar-refractivity contribution >= 4 is 0 Å². The Balaban J connectivity index is 1.86. The third kappa shape index (κ3) is 2.29. The molecule has 0 atom stereocenters. The lowest BCUT2D eigenvalue weighted by atomic mass is 9.86. The van der Waals surface area contributed by atoms with Crippen LogP contribution in [0.25, 0.3) is 0 Å². The number of nitrogens with two attached hydrogens (primary N) is 1. The van der Waals surface area contributed by atoms with Crippen LogP contribution in [0.5, 0.6) is 0 Å². The van der Waals surface area contributed by atoms with Gasteiger partial charge in [0.05, 0.1) is 0 Å². The van der Waals surface area contributed by atoms with Gasteiger partial charge in [-0.15, -0.1) is 0 Å². The van der Waals surface area contributed by atoms with Gasteiger partial charge in [-0.3, -0.25) is 4.90 Å². The predicted molar refractivity (Wildman–Crippen MR) is 60.3 cm³/mol. The van der Waals surface area contributed by atoms with E-state index in [1.54, 1.807) is 0 Å². The minimum atomic E-state index is 0.840. The van der Waals surface area contributed by atoms with Crippen molar-refractivity contribution in [2.24, 2.45) is 5.73 Å². The highest BCUT2D eigenvalue weighted by Crippen LogP contribution is 2.31. The molecule has 0 aromatic carbocycles. The van der Waals surface area contributed by atoms with E-state index in [0.717, 1.165) is 25.2 Å². The van der Waals surface area contributed by atoms with Crippen molar-refractivity contribution in [3.05, 3.63) is 0 Å². The summed E-state index contributed by atoms with van der Waals surface area (Å²) in [4.78, 5) is 2.72. The highest BCUT2D eigenvalue weighted by atomic mass is 15.2. The largest absolute Gasteiger partial charge is 0.329 e. The van der Waals surface area contributed by atoms with Crippen LogP contribution in [0, 0.1) is 0 Å². The van der Waals surface area contributed by atoms with Gasteiger partial charge in [-0.2, -0.15) is 0 Å². The Labute approximate surface area is 87.8 Å². The summed E-state index contributed by atoms with van der Waals surface area (Å²) in [5.41, 5.74) is 5.71. The number of hydrogen-bond acceptors (Lipinski definition) is 2. The van der Waals surface area contributed by atoms with E-state index in [0.29, 0.717) is 0 Å². The van der Waals surface area contributed by atoms with E-state index in [4.69, 9.17) is 5.73 Å². The molecule has 2 N–H and O–H groups in total. The van der Waals surface area contributed by atoms with Crippen LogP contribution in [0.3, 0.4) is 0 Å². The van der Waals surface area contributed by atoms with Gasteiger partial charge in [-0.1, -0.05) is 25.7 Å². The molecule has 2 aliphatic carbocycles. The van der Waals surface area contributed by atoms with Crippen LogP contribution in [0.1, 0.15) is 51.4 Å². The maximum atomic E-state index is 5.71. The lowest BCUT2D eigenvalue weighted by molar-refractivity contribution is 0.0630. The van der Waals surface area contributed by atoms with Crippen LogP contribution < -0.4 is 5.73 Å². The molecule has 82 valence electrons. The Hall–Kier alpha value is -0.0800. The Morgan fingerprint density at radius 1 is 0.857 bits per heavy atom. The summed E-state index contributed by atoms with van der Waals surface area (Å²) >= 11 is 0. The van der Waals surface area contributed by atoms with Crippen LogP contribution >= 0.6 is 0 Å². The lowest BCUT2D eigenvalue weighted by Gasteiger charge is -2.44. The number of rotatable bonds is 4. The van der Waals surface area contributed by atoms with Crippen molar-refractivity contribution < 1.29 is 0 Å². The van der Waals surface area contributed by atoms with Gasteiger partial charge in [0.25, 0.3) is 0 Å². The summed E-state index contributed by atoms with van der Waals surface area (Å²) in [6, 6.07) is 1.76. The van der Waals surface area contributed by atoms with Gasteiger partial charge in [0, 0.05) is 25.2 Å². The van der Waals surface area contributed by atoms with Crippen LogP contribution in [0.4, 0.5) is 0 Å². The molecule has 0 amide bonds. The Morgan fingerprint density at radius 3 is 1.86 bits per heavy atom. The van der Waals surface area contributed by atoms with Gasteiger partial charge < -0.3 is 5.73 Å². The summed E-state index contributed by atoms with van der Waals surface area (Å²) in [5, 5.41) is 0. The molecule has 0 heterocycles. The molecule has 2 fully saturated rings. The zero-order chi connectivity index (χ0) is 9.80. The fourth-order valence-corrected chi connectivity index (χ4v) is 2.94. The fourth-order valence-electron chi connectivity index (χ4n) is 2.94. The molecule has 2 aliphatic rings. The molecule has 0 bridgehead atoms. The van der Waals surface area contributed by atoms with Crippen LogP contribution in [-0.2, 0) is 0 Å². The van der Waals surface area contributed by atoms with Crippen LogP contribution in [-0.4, -0.2) is 30.1 Å². The Morgan fingerprint density at radius 2 is 1.43 bits per heavy atom. The molecule has 2 saturated carbocycles. The molecule has 0 aromatic rings. The molecular formula is C12H24N2. The molecule has 2 heteroatoms. The quantitative estimate of drug-likeness (QED) is 0.746. The summed E-state index contributed by atoms with van der Waals surface area (Å²) in [6.45, 7) is 1.97. The molecule has 0 saturated heterocycles. The SMILES string of the molecule is NCCN(C1CCCCC1)C1CCC1. The topological polar surface area (TPSA) is 29.3 Å². The zero-order valence-corrected chi connectivity index (χ0v) is 9.25. The van der Waals surface area contributed by atoms with Crippen LogP contribution in [0.15, 0.2) is 0 Å². The van der Waals surface area contributed by atoms with Gasteiger partial charge in [0.2, 0.25) is 0 Å². The average Bonchev–Trinajstić information content (AvgIpc) is 2.16. The minimum Gasteiger partial charge on any atom is -0.329 e. The third-order valence-corrected chi connectivity index (χ3v) is 3.97. The normalized spacial score (nSPS) is 25.3. The van der Waals surface area contributed by atoms with E-state index in [1.807, 2.05) is 0 Å². The predicted octanol–water partition coefficient (Wildman–Crippen LogP) is 2.13. The summed E-state index contributed by atoms with van der Waals surface area (Å²) in [7, 11) is 0. The molecule has 14 heavy (non-hydrogen) atoms. The monoisotopic (exact) mass is 196 g/mol. The fraction of sp³-hybridized carbons (Fsp3) is 1.00. The van der Waals surface area contributed by atoms with E-state index in [-0.39, 0.29) is 0 Å². The van der Waals surface area contributed by atoms with Gasteiger partial charge in [-0.25, -0.2) is 0 Å². The van der Waals surface area contributed by atoms with Gasteiger partial charge in [-0.05, 0) is 25.7 Å². The maximum absolute atomic E-state index is 5.71. The Kier molecular flexibility index (Phi) is 3.82. The smallest absolute Gasteiger partial charge is 0.0110 e. The lowest BCUT2D eigenvalue weighted by Crippen LogP contribution is -2.49. The van der Waals surface area contributed by atoms with Crippen molar-refractivity contribution in [2.45, 2.75) is 63.5 Å². The standard InChI is InChI=1S/C12H24N2/c13-9-10-14(12-7-4-8-12)11-5-2-1-3-6-11/h11-12H,1-10,13H2. The molecule has 2 rings (SSSR count). The summed E-state index contributed by atoms with van der Waals surface area (Å²) in [5.74, 6) is 0.